The average Bonchev–Trinajstić information content (AvgIpc) is 3.05. The molecule has 0 radical (unpaired) electrons. The number of carbonyl (C=O) groups is 1. The van der Waals surface area contributed by atoms with Crippen LogP contribution in [0, 0.1) is 0 Å². The van der Waals surface area contributed by atoms with Crippen molar-refractivity contribution in [3.05, 3.63) is 48.3 Å². The van der Waals surface area contributed by atoms with Crippen molar-refractivity contribution in [3.8, 4) is 11.1 Å². The van der Waals surface area contributed by atoms with Gasteiger partial charge in [0, 0.05) is 37.9 Å². The van der Waals surface area contributed by atoms with Crippen LogP contribution in [0.4, 0.5) is 5.82 Å². The number of carboxylic acids is 1. The lowest BCUT2D eigenvalue weighted by Gasteiger charge is -2.07. The van der Waals surface area contributed by atoms with E-state index in [9.17, 15) is 4.79 Å². The summed E-state index contributed by atoms with van der Waals surface area (Å²) in [4.78, 5) is 15.2. The summed E-state index contributed by atoms with van der Waals surface area (Å²) >= 11 is 0. The molecule has 0 spiro atoms. The maximum atomic E-state index is 10.6. The summed E-state index contributed by atoms with van der Waals surface area (Å²) in [6, 6.07) is 9.97. The summed E-state index contributed by atoms with van der Waals surface area (Å²) in [6.45, 7) is 2.45. The number of carboxylic acid groups (broad SMARTS) is 1. The highest BCUT2D eigenvalue weighted by molar-refractivity contribution is 5.78. The number of nitrogens with one attached hydrogen (secondary N) is 2. The second kappa shape index (κ2) is 8.41. The van der Waals surface area contributed by atoms with Crippen LogP contribution < -0.4 is 16.4 Å². The van der Waals surface area contributed by atoms with Crippen molar-refractivity contribution >= 4 is 17.4 Å². The first kappa shape index (κ1) is 17.8. The summed E-state index contributed by atoms with van der Waals surface area (Å²) in [5.41, 5.74) is 9.34. The molecule has 0 bridgehead atoms. The number of hydrogen-bond donors (Lipinski definition) is 4. The quantitative estimate of drug-likeness (QED) is 0.428. The number of nitrogens with zero attached hydrogens (tertiary/aromatic N) is 3. The number of aromatic nitrogens is 3. The van der Waals surface area contributed by atoms with Crippen LogP contribution in [0.15, 0.2) is 42.7 Å². The molecular formula is C18H22N6O2. The van der Waals surface area contributed by atoms with Crippen molar-refractivity contribution in [1.82, 2.24) is 19.9 Å². The van der Waals surface area contributed by atoms with Crippen molar-refractivity contribution in [1.29, 1.82) is 0 Å². The lowest BCUT2D eigenvalue weighted by molar-refractivity contribution is -0.136. The average molecular weight is 354 g/mol. The van der Waals surface area contributed by atoms with E-state index in [1.54, 1.807) is 16.8 Å². The molecule has 0 atom stereocenters. The minimum Gasteiger partial charge on any atom is -0.481 e. The number of aliphatic carboxylic acids is 1. The highest BCUT2D eigenvalue weighted by Crippen LogP contribution is 2.25. The number of rotatable bonds is 9. The van der Waals surface area contributed by atoms with E-state index in [1.165, 1.54) is 0 Å². The normalized spacial score (nSPS) is 11.0. The first-order valence-corrected chi connectivity index (χ1v) is 8.47. The molecule has 0 amide bonds. The Balaban J connectivity index is 1.83. The summed E-state index contributed by atoms with van der Waals surface area (Å²) in [6.07, 6.45) is 3.63. The van der Waals surface area contributed by atoms with E-state index >= 15 is 0 Å². The molecule has 0 fully saturated rings. The zero-order valence-corrected chi connectivity index (χ0v) is 14.4. The number of hydrogen-bond acceptors (Lipinski definition) is 6. The Kier molecular flexibility index (Phi) is 5.77. The number of benzene rings is 1. The smallest absolute Gasteiger partial charge is 0.305 e. The first-order valence-electron chi connectivity index (χ1n) is 8.47. The van der Waals surface area contributed by atoms with Gasteiger partial charge in [0.1, 0.15) is 5.82 Å². The second-order valence-electron chi connectivity index (χ2n) is 5.88. The molecule has 0 aliphatic heterocycles. The highest BCUT2D eigenvalue weighted by Gasteiger charge is 2.10. The van der Waals surface area contributed by atoms with Gasteiger partial charge in [-0.15, -0.1) is 0 Å². The van der Waals surface area contributed by atoms with Crippen LogP contribution in [0.1, 0.15) is 12.0 Å². The molecule has 8 heteroatoms. The third-order valence-corrected chi connectivity index (χ3v) is 3.90. The van der Waals surface area contributed by atoms with Crippen molar-refractivity contribution in [3.63, 3.8) is 0 Å². The third-order valence-electron chi connectivity index (χ3n) is 3.90. The van der Waals surface area contributed by atoms with Gasteiger partial charge in [0.2, 0.25) is 0 Å². The number of fused-ring (bicyclic) bond motifs is 1. The van der Waals surface area contributed by atoms with Gasteiger partial charge in [0.15, 0.2) is 5.65 Å². The standard InChI is InChI=1S/C18H22N6O2/c19-6-8-20-11-13-2-1-3-14(10-13)15-12-22-24-9-5-16(23-18(15)24)21-7-4-17(25)26/h1-3,5,9-10,12,20H,4,6-8,11,19H2,(H,21,23)(H,25,26). The molecule has 8 nitrogen and oxygen atoms in total. The maximum absolute atomic E-state index is 10.6. The molecule has 3 aromatic rings. The van der Waals surface area contributed by atoms with Gasteiger partial charge < -0.3 is 21.5 Å². The Morgan fingerprint density at radius 2 is 2.15 bits per heavy atom. The number of anilines is 1. The van der Waals surface area contributed by atoms with Crippen molar-refractivity contribution in [2.24, 2.45) is 5.73 Å². The summed E-state index contributed by atoms with van der Waals surface area (Å²) in [5, 5.41) is 19.4. The molecule has 0 saturated carbocycles. The van der Waals surface area contributed by atoms with Crippen molar-refractivity contribution in [2.75, 3.05) is 25.0 Å². The topological polar surface area (TPSA) is 118 Å². The first-order chi connectivity index (χ1) is 12.7. The van der Waals surface area contributed by atoms with Crippen LogP contribution in [0.3, 0.4) is 0 Å². The van der Waals surface area contributed by atoms with Gasteiger partial charge in [-0.3, -0.25) is 4.79 Å². The van der Waals surface area contributed by atoms with E-state index in [2.05, 4.69) is 32.8 Å². The second-order valence-corrected chi connectivity index (χ2v) is 5.88. The molecule has 26 heavy (non-hydrogen) atoms. The van der Waals surface area contributed by atoms with E-state index in [4.69, 9.17) is 10.8 Å². The van der Waals surface area contributed by atoms with E-state index in [0.29, 0.717) is 18.9 Å². The molecule has 0 unspecified atom stereocenters. The van der Waals surface area contributed by atoms with Crippen LogP contribution in [0.2, 0.25) is 0 Å². The van der Waals surface area contributed by atoms with Crippen molar-refractivity contribution in [2.45, 2.75) is 13.0 Å². The SMILES string of the molecule is NCCNCc1cccc(-c2cnn3ccc(NCCC(=O)O)nc23)c1. The highest BCUT2D eigenvalue weighted by atomic mass is 16.4. The van der Waals surface area contributed by atoms with E-state index in [1.807, 2.05) is 18.3 Å². The predicted octanol–water partition coefficient (Wildman–Crippen LogP) is 1.33. The number of nitrogens with two attached hydrogens (primary N) is 1. The molecule has 136 valence electrons. The lowest BCUT2D eigenvalue weighted by Crippen LogP contribution is -2.21. The Bertz CT molecular complexity index is 892. The van der Waals surface area contributed by atoms with Gasteiger partial charge in [-0.2, -0.15) is 5.10 Å². The predicted molar refractivity (Wildman–Crippen MR) is 99.9 cm³/mol. The van der Waals surface area contributed by atoms with Crippen LogP contribution in [0.5, 0.6) is 0 Å². The van der Waals surface area contributed by atoms with Crippen molar-refractivity contribution < 1.29 is 9.90 Å². The Morgan fingerprint density at radius 3 is 2.96 bits per heavy atom. The minimum absolute atomic E-state index is 0.0385. The zero-order valence-electron chi connectivity index (χ0n) is 14.4. The fourth-order valence-corrected chi connectivity index (χ4v) is 2.65. The molecular weight excluding hydrogens is 332 g/mol. The largest absolute Gasteiger partial charge is 0.481 e. The van der Waals surface area contributed by atoms with Gasteiger partial charge in [0.25, 0.3) is 0 Å². The molecule has 0 saturated heterocycles. The Labute approximate surface area is 151 Å². The van der Waals surface area contributed by atoms with Crippen LogP contribution in [0.25, 0.3) is 16.8 Å². The molecule has 0 aliphatic rings. The fraction of sp³-hybridized carbons (Fsp3) is 0.278. The van der Waals surface area contributed by atoms with E-state index in [0.717, 1.165) is 35.4 Å². The Hall–Kier alpha value is -2.97. The van der Waals surface area contributed by atoms with Gasteiger partial charge in [-0.05, 0) is 23.3 Å². The maximum Gasteiger partial charge on any atom is 0.305 e. The van der Waals surface area contributed by atoms with Gasteiger partial charge in [-0.25, -0.2) is 9.50 Å². The van der Waals surface area contributed by atoms with Gasteiger partial charge in [-0.1, -0.05) is 18.2 Å². The minimum atomic E-state index is -0.844. The Morgan fingerprint density at radius 1 is 1.27 bits per heavy atom. The van der Waals surface area contributed by atoms with Crippen LogP contribution in [-0.4, -0.2) is 45.3 Å². The van der Waals surface area contributed by atoms with Crippen LogP contribution in [-0.2, 0) is 11.3 Å². The lowest BCUT2D eigenvalue weighted by atomic mass is 10.1. The van der Waals surface area contributed by atoms with Gasteiger partial charge in [0.05, 0.1) is 12.6 Å². The molecule has 2 heterocycles. The van der Waals surface area contributed by atoms with E-state index < -0.39 is 5.97 Å². The summed E-state index contributed by atoms with van der Waals surface area (Å²) in [5.74, 6) is -0.218. The molecule has 0 aliphatic carbocycles. The molecule has 3 rings (SSSR count). The van der Waals surface area contributed by atoms with E-state index in [-0.39, 0.29) is 6.42 Å². The monoisotopic (exact) mass is 354 g/mol. The van der Waals surface area contributed by atoms with Crippen LogP contribution >= 0.6 is 0 Å². The fourth-order valence-electron chi connectivity index (χ4n) is 2.65. The molecule has 1 aromatic carbocycles. The molecule has 5 N–H and O–H groups in total. The molecule has 2 aromatic heterocycles. The summed E-state index contributed by atoms with van der Waals surface area (Å²) in [7, 11) is 0. The van der Waals surface area contributed by atoms with Gasteiger partial charge >= 0.3 is 5.97 Å². The summed E-state index contributed by atoms with van der Waals surface area (Å²) < 4.78 is 1.71. The third kappa shape index (κ3) is 4.35. The zero-order chi connectivity index (χ0) is 18.4.